The van der Waals surface area contributed by atoms with E-state index < -0.39 is 0 Å². The van der Waals surface area contributed by atoms with Crippen LogP contribution in [0.2, 0.25) is 0 Å². The Morgan fingerprint density at radius 3 is 2.19 bits per heavy atom. The normalized spacial score (nSPS) is 13.1. The van der Waals surface area contributed by atoms with Crippen LogP contribution in [-0.4, -0.2) is 24.5 Å². The van der Waals surface area contributed by atoms with Crippen LogP contribution >= 0.6 is 11.9 Å². The molecule has 0 radical (unpaired) electrons. The molecule has 0 aromatic carbocycles. The third-order valence-corrected chi connectivity index (χ3v) is 2.63. The number of hydrogen-bond donors (Lipinski definition) is 0. The summed E-state index contributed by atoms with van der Waals surface area (Å²) in [6.45, 7) is 12.9. The Hall–Kier alpha value is -0.510. The topological polar surface area (TPSA) is 38.7 Å². The predicted molar refractivity (Wildman–Crippen MR) is 70.8 cm³/mol. The van der Waals surface area contributed by atoms with Gasteiger partial charge in [0.05, 0.1) is 6.61 Å². The van der Waals surface area contributed by atoms with E-state index in [9.17, 15) is 4.79 Å². The molecule has 4 heteroatoms. The molecule has 16 heavy (non-hydrogen) atoms. The highest BCUT2D eigenvalue weighted by Crippen LogP contribution is 2.20. The monoisotopic (exact) mass is 245 g/mol. The molecule has 94 valence electrons. The minimum atomic E-state index is -0.365. The molecule has 0 spiro atoms. The van der Waals surface area contributed by atoms with Crippen molar-refractivity contribution in [2.75, 3.05) is 12.4 Å². The molecule has 0 aliphatic heterocycles. The summed E-state index contributed by atoms with van der Waals surface area (Å²) < 4.78 is 9.01. The van der Waals surface area contributed by atoms with Crippen LogP contribution in [0, 0.1) is 10.8 Å². The zero-order valence-corrected chi connectivity index (χ0v) is 12.0. The number of hydrogen-bond acceptors (Lipinski definition) is 4. The SMILES string of the molecule is CC(C)(C)COC(=O)/C=N/SCC(C)(C)C. The molecule has 0 aliphatic rings. The third kappa shape index (κ3) is 11.6. The van der Waals surface area contributed by atoms with Gasteiger partial charge in [-0.25, -0.2) is 9.19 Å². The Labute approximate surface area is 103 Å². The second-order valence-corrected chi connectivity index (χ2v) is 6.99. The molecule has 0 aromatic heterocycles. The van der Waals surface area contributed by atoms with E-state index in [0.29, 0.717) is 6.61 Å². The number of carbonyl (C=O) groups is 1. The van der Waals surface area contributed by atoms with Crippen molar-refractivity contribution in [1.29, 1.82) is 0 Å². The summed E-state index contributed by atoms with van der Waals surface area (Å²) in [4.78, 5) is 11.2. The van der Waals surface area contributed by atoms with E-state index in [1.165, 1.54) is 18.2 Å². The lowest BCUT2D eigenvalue weighted by Gasteiger charge is -2.16. The van der Waals surface area contributed by atoms with Crippen LogP contribution < -0.4 is 0 Å². The maximum Gasteiger partial charge on any atom is 0.350 e. The molecule has 0 fully saturated rings. The smallest absolute Gasteiger partial charge is 0.350 e. The van der Waals surface area contributed by atoms with Crippen LogP contribution in [0.1, 0.15) is 41.5 Å². The van der Waals surface area contributed by atoms with Gasteiger partial charge in [0.2, 0.25) is 0 Å². The van der Waals surface area contributed by atoms with Gasteiger partial charge in [0.15, 0.2) is 0 Å². The van der Waals surface area contributed by atoms with Crippen LogP contribution in [0.3, 0.4) is 0 Å². The fourth-order valence-electron chi connectivity index (χ4n) is 0.636. The zero-order chi connectivity index (χ0) is 12.8. The van der Waals surface area contributed by atoms with Crippen molar-refractivity contribution in [2.24, 2.45) is 15.2 Å². The fourth-order valence-corrected chi connectivity index (χ4v) is 1.26. The van der Waals surface area contributed by atoms with E-state index >= 15 is 0 Å². The van der Waals surface area contributed by atoms with Crippen molar-refractivity contribution >= 4 is 24.1 Å². The molecule has 0 heterocycles. The van der Waals surface area contributed by atoms with Crippen molar-refractivity contribution in [3.05, 3.63) is 0 Å². The van der Waals surface area contributed by atoms with Gasteiger partial charge in [0, 0.05) is 5.75 Å². The van der Waals surface area contributed by atoms with Gasteiger partial charge in [-0.2, -0.15) is 0 Å². The van der Waals surface area contributed by atoms with Crippen LogP contribution in [0.4, 0.5) is 0 Å². The van der Waals surface area contributed by atoms with Crippen molar-refractivity contribution < 1.29 is 9.53 Å². The van der Waals surface area contributed by atoms with Crippen molar-refractivity contribution in [1.82, 2.24) is 0 Å². The first kappa shape index (κ1) is 15.5. The molecule has 0 bridgehead atoms. The minimum absolute atomic E-state index is 0.00204. The standard InChI is InChI=1S/C12H23NO2S/c1-11(2,3)8-15-10(14)7-13-16-9-12(4,5)6/h7H,8-9H2,1-6H3/b13-7+. The molecule has 0 aliphatic carbocycles. The molecule has 0 N–H and O–H groups in total. The van der Waals surface area contributed by atoms with Crippen LogP contribution in [0.15, 0.2) is 4.40 Å². The van der Waals surface area contributed by atoms with Crippen molar-refractivity contribution in [3.8, 4) is 0 Å². The van der Waals surface area contributed by atoms with Gasteiger partial charge in [-0.1, -0.05) is 41.5 Å². The Morgan fingerprint density at radius 2 is 1.75 bits per heavy atom. The molecular formula is C12H23NO2S. The van der Waals surface area contributed by atoms with E-state index in [0.717, 1.165) is 5.75 Å². The fraction of sp³-hybridized carbons (Fsp3) is 0.833. The summed E-state index contributed by atoms with van der Waals surface area (Å²) in [6, 6.07) is 0. The molecule has 0 aromatic rings. The molecular weight excluding hydrogens is 222 g/mol. The lowest BCUT2D eigenvalue weighted by atomic mass is 9.99. The van der Waals surface area contributed by atoms with Crippen LogP contribution in [0.5, 0.6) is 0 Å². The minimum Gasteiger partial charge on any atom is -0.461 e. The van der Waals surface area contributed by atoms with Crippen LogP contribution in [0.25, 0.3) is 0 Å². The summed E-state index contributed by atoms with van der Waals surface area (Å²) in [5, 5.41) is 0. The number of carbonyl (C=O) groups excluding carboxylic acids is 1. The second-order valence-electron chi connectivity index (χ2n) is 6.24. The summed E-state index contributed by atoms with van der Waals surface area (Å²) >= 11 is 1.39. The number of esters is 1. The molecule has 0 atom stereocenters. The predicted octanol–water partition coefficient (Wildman–Crippen LogP) is 3.34. The highest BCUT2D eigenvalue weighted by atomic mass is 32.2. The quantitative estimate of drug-likeness (QED) is 0.433. The van der Waals surface area contributed by atoms with Gasteiger partial charge in [-0.05, 0) is 22.8 Å². The van der Waals surface area contributed by atoms with E-state index in [1.807, 2.05) is 20.8 Å². The summed E-state index contributed by atoms with van der Waals surface area (Å²) in [7, 11) is 0. The highest BCUT2D eigenvalue weighted by Gasteiger charge is 2.13. The van der Waals surface area contributed by atoms with Gasteiger partial charge < -0.3 is 4.74 Å². The molecule has 0 amide bonds. The first-order chi connectivity index (χ1) is 7.10. The molecule has 3 nitrogen and oxygen atoms in total. The maximum atomic E-state index is 11.2. The van der Waals surface area contributed by atoms with Gasteiger partial charge in [0.25, 0.3) is 0 Å². The van der Waals surface area contributed by atoms with E-state index in [-0.39, 0.29) is 16.8 Å². The van der Waals surface area contributed by atoms with Gasteiger partial charge >= 0.3 is 5.97 Å². The average Bonchev–Trinajstić information content (AvgIpc) is 2.06. The molecule has 0 rings (SSSR count). The zero-order valence-electron chi connectivity index (χ0n) is 11.2. The molecule has 0 saturated carbocycles. The van der Waals surface area contributed by atoms with E-state index in [2.05, 4.69) is 25.2 Å². The Morgan fingerprint density at radius 1 is 1.19 bits per heavy atom. The average molecular weight is 245 g/mol. The number of ether oxygens (including phenoxy) is 1. The van der Waals surface area contributed by atoms with Crippen molar-refractivity contribution in [2.45, 2.75) is 41.5 Å². The summed E-state index contributed by atoms with van der Waals surface area (Å²) in [5.41, 5.74) is 0.222. The molecule has 0 saturated heterocycles. The van der Waals surface area contributed by atoms with Crippen LogP contribution in [-0.2, 0) is 9.53 Å². The second kappa shape index (κ2) is 6.28. The first-order valence-electron chi connectivity index (χ1n) is 5.42. The third-order valence-electron chi connectivity index (χ3n) is 1.38. The van der Waals surface area contributed by atoms with Gasteiger partial charge in [0.1, 0.15) is 6.21 Å². The van der Waals surface area contributed by atoms with Crippen molar-refractivity contribution in [3.63, 3.8) is 0 Å². The number of nitrogens with zero attached hydrogens (tertiary/aromatic N) is 1. The van der Waals surface area contributed by atoms with Gasteiger partial charge in [-0.3, -0.25) is 0 Å². The molecule has 0 unspecified atom stereocenters. The maximum absolute atomic E-state index is 11.2. The largest absolute Gasteiger partial charge is 0.461 e. The van der Waals surface area contributed by atoms with E-state index in [4.69, 9.17) is 4.74 Å². The Balaban J connectivity index is 3.76. The van der Waals surface area contributed by atoms with Gasteiger partial charge in [-0.15, -0.1) is 0 Å². The first-order valence-corrected chi connectivity index (χ1v) is 6.36. The summed E-state index contributed by atoms with van der Waals surface area (Å²) in [6.07, 6.45) is 1.25. The Bertz CT molecular complexity index is 249. The summed E-state index contributed by atoms with van der Waals surface area (Å²) in [5.74, 6) is 0.520. The lowest BCUT2D eigenvalue weighted by Crippen LogP contribution is -2.18. The lowest BCUT2D eigenvalue weighted by molar-refractivity contribution is -0.137. The highest BCUT2D eigenvalue weighted by molar-refractivity contribution is 7.98. The number of rotatable bonds is 4. The van der Waals surface area contributed by atoms with E-state index in [1.54, 1.807) is 0 Å². The Kier molecular flexibility index (Phi) is 6.08.